The van der Waals surface area contributed by atoms with Gasteiger partial charge < -0.3 is 5.32 Å². The second-order valence-electron chi connectivity index (χ2n) is 6.34. The summed E-state index contributed by atoms with van der Waals surface area (Å²) in [6, 6.07) is 15.8. The third-order valence-electron chi connectivity index (χ3n) is 4.09. The molecule has 0 radical (unpaired) electrons. The van der Waals surface area contributed by atoms with Gasteiger partial charge in [-0.05, 0) is 49.7 Å². The molecule has 0 saturated heterocycles. The molecule has 3 rings (SSSR count). The molecule has 1 N–H and O–H groups in total. The molecule has 0 fully saturated rings. The highest BCUT2D eigenvalue weighted by Crippen LogP contribution is 2.18. The number of nitrogens with zero attached hydrogens (tertiary/aromatic N) is 2. The van der Waals surface area contributed by atoms with E-state index in [4.69, 9.17) is 0 Å². The largest absolute Gasteiger partial charge is 0.311 e. The molecule has 1 heterocycles. The molecule has 0 atom stereocenters. The summed E-state index contributed by atoms with van der Waals surface area (Å²) < 4.78 is 39.1. The first-order chi connectivity index (χ1) is 13.3. The number of nitrogens with one attached hydrogen (secondary N) is 1. The van der Waals surface area contributed by atoms with Crippen LogP contribution in [0, 0.1) is 12.7 Å². The van der Waals surface area contributed by atoms with Crippen LogP contribution in [0.3, 0.4) is 0 Å². The van der Waals surface area contributed by atoms with Gasteiger partial charge in [-0.3, -0.25) is 4.79 Å². The molecule has 3 aromatic rings. The highest BCUT2D eigenvalue weighted by atomic mass is 32.2. The lowest BCUT2D eigenvalue weighted by molar-refractivity contribution is -0.116. The topological polar surface area (TPSA) is 81.1 Å². The van der Waals surface area contributed by atoms with Crippen molar-refractivity contribution in [1.82, 2.24) is 9.78 Å². The molecular formula is C20H20FN3O3S. The van der Waals surface area contributed by atoms with Crippen LogP contribution in [0.2, 0.25) is 0 Å². The molecule has 146 valence electrons. The lowest BCUT2D eigenvalue weighted by Gasteiger charge is -2.09. The molecular weight excluding hydrogens is 381 g/mol. The van der Waals surface area contributed by atoms with Crippen LogP contribution in [-0.2, 0) is 14.6 Å². The first-order valence-electron chi connectivity index (χ1n) is 8.75. The van der Waals surface area contributed by atoms with Crippen molar-refractivity contribution in [2.24, 2.45) is 0 Å². The molecule has 8 heteroatoms. The summed E-state index contributed by atoms with van der Waals surface area (Å²) in [7, 11) is -3.56. The van der Waals surface area contributed by atoms with Gasteiger partial charge in [0, 0.05) is 12.5 Å². The van der Waals surface area contributed by atoms with Crippen LogP contribution in [-0.4, -0.2) is 29.9 Å². The molecule has 0 unspecified atom stereocenters. The first kappa shape index (κ1) is 19.8. The van der Waals surface area contributed by atoms with Gasteiger partial charge in [-0.15, -0.1) is 0 Å². The van der Waals surface area contributed by atoms with Crippen LogP contribution in [0.15, 0.2) is 65.6 Å². The molecule has 0 aliphatic heterocycles. The molecule has 6 nitrogen and oxygen atoms in total. The second kappa shape index (κ2) is 8.35. The van der Waals surface area contributed by atoms with E-state index in [9.17, 15) is 17.6 Å². The lowest BCUT2D eigenvalue weighted by atomic mass is 10.3. The summed E-state index contributed by atoms with van der Waals surface area (Å²) in [6.07, 6.45) is 0.198. The Morgan fingerprint density at radius 2 is 1.79 bits per heavy atom. The Bertz CT molecular complexity index is 1060. The van der Waals surface area contributed by atoms with E-state index < -0.39 is 15.7 Å². The van der Waals surface area contributed by atoms with Crippen LogP contribution < -0.4 is 5.32 Å². The number of sulfone groups is 1. The number of carbonyl (C=O) groups is 1. The number of hydrogen-bond acceptors (Lipinski definition) is 4. The van der Waals surface area contributed by atoms with Crippen LogP contribution in [0.1, 0.15) is 18.5 Å². The maximum atomic E-state index is 12.9. The Balaban J connectivity index is 1.60. The van der Waals surface area contributed by atoms with Gasteiger partial charge in [0.1, 0.15) is 11.6 Å². The number of benzene rings is 2. The highest BCUT2D eigenvalue weighted by molar-refractivity contribution is 7.91. The third kappa shape index (κ3) is 4.83. The van der Waals surface area contributed by atoms with Gasteiger partial charge in [-0.25, -0.2) is 17.5 Å². The Morgan fingerprint density at radius 1 is 1.11 bits per heavy atom. The zero-order chi connectivity index (χ0) is 20.1. The Labute approximate surface area is 162 Å². The minimum absolute atomic E-state index is 0.0411. The number of halogens is 1. The Hall–Kier alpha value is -3.00. The van der Waals surface area contributed by atoms with Crippen LogP contribution >= 0.6 is 0 Å². The van der Waals surface area contributed by atoms with Gasteiger partial charge in [0.25, 0.3) is 0 Å². The van der Waals surface area contributed by atoms with Gasteiger partial charge in [0.2, 0.25) is 5.91 Å². The lowest BCUT2D eigenvalue weighted by Crippen LogP contribution is -2.16. The predicted molar refractivity (Wildman–Crippen MR) is 105 cm³/mol. The van der Waals surface area contributed by atoms with E-state index in [0.717, 1.165) is 23.5 Å². The normalized spacial score (nSPS) is 11.4. The number of anilines is 1. The van der Waals surface area contributed by atoms with Crippen molar-refractivity contribution >= 4 is 21.6 Å². The molecule has 2 aromatic carbocycles. The van der Waals surface area contributed by atoms with E-state index in [-0.39, 0.29) is 29.4 Å². The molecule has 1 amide bonds. The molecule has 0 aliphatic carbocycles. The van der Waals surface area contributed by atoms with Crippen LogP contribution in [0.25, 0.3) is 5.69 Å². The minimum atomic E-state index is -3.56. The van der Waals surface area contributed by atoms with Crippen LogP contribution in [0.4, 0.5) is 10.2 Å². The monoisotopic (exact) mass is 401 g/mol. The zero-order valence-electron chi connectivity index (χ0n) is 15.3. The van der Waals surface area contributed by atoms with E-state index in [1.807, 2.05) is 37.3 Å². The Kier molecular flexibility index (Phi) is 5.89. The summed E-state index contributed by atoms with van der Waals surface area (Å²) >= 11 is 0. The summed E-state index contributed by atoms with van der Waals surface area (Å²) in [6.45, 7) is 1.82. The number of amides is 1. The number of carbonyl (C=O) groups excluding carboxylic acids is 1. The summed E-state index contributed by atoms with van der Waals surface area (Å²) in [4.78, 5) is 12.3. The van der Waals surface area contributed by atoms with Gasteiger partial charge in [-0.2, -0.15) is 5.10 Å². The summed E-state index contributed by atoms with van der Waals surface area (Å²) in [5, 5.41) is 7.16. The summed E-state index contributed by atoms with van der Waals surface area (Å²) in [5.74, 6) is -0.464. The van der Waals surface area contributed by atoms with E-state index >= 15 is 0 Å². The highest BCUT2D eigenvalue weighted by Gasteiger charge is 2.16. The van der Waals surface area contributed by atoms with Crippen LogP contribution in [0.5, 0.6) is 0 Å². The van der Waals surface area contributed by atoms with Crippen molar-refractivity contribution in [2.75, 3.05) is 11.1 Å². The number of aromatic nitrogens is 2. The minimum Gasteiger partial charge on any atom is -0.311 e. The van der Waals surface area contributed by atoms with E-state index in [1.165, 1.54) is 12.1 Å². The fourth-order valence-electron chi connectivity index (χ4n) is 2.74. The van der Waals surface area contributed by atoms with E-state index in [0.29, 0.717) is 5.82 Å². The van der Waals surface area contributed by atoms with Crippen molar-refractivity contribution in [1.29, 1.82) is 0 Å². The quantitative estimate of drug-likeness (QED) is 0.614. The molecule has 0 bridgehead atoms. The van der Waals surface area contributed by atoms with Gasteiger partial charge in [0.05, 0.1) is 22.0 Å². The standard InChI is InChI=1S/C20H20FN3O3S/c1-15-14-19(24(23-15)17-6-3-2-4-7-17)22-20(25)8-5-13-28(26,27)18-11-9-16(21)10-12-18/h2-4,6-7,9-12,14H,5,8,13H2,1H3,(H,22,25). The van der Waals surface area contributed by atoms with Crippen molar-refractivity contribution in [3.63, 3.8) is 0 Å². The van der Waals surface area contributed by atoms with Gasteiger partial charge >= 0.3 is 0 Å². The fourth-order valence-corrected chi connectivity index (χ4v) is 4.05. The fraction of sp³-hybridized carbons (Fsp3) is 0.200. The number of para-hydroxylation sites is 1. The molecule has 1 aromatic heterocycles. The Morgan fingerprint density at radius 3 is 2.46 bits per heavy atom. The number of hydrogen-bond donors (Lipinski definition) is 1. The average molecular weight is 401 g/mol. The van der Waals surface area contributed by atoms with Crippen molar-refractivity contribution < 1.29 is 17.6 Å². The van der Waals surface area contributed by atoms with E-state index in [1.54, 1.807) is 10.7 Å². The molecule has 28 heavy (non-hydrogen) atoms. The second-order valence-corrected chi connectivity index (χ2v) is 8.45. The average Bonchev–Trinajstić information content (AvgIpc) is 3.02. The van der Waals surface area contributed by atoms with Crippen molar-refractivity contribution in [3.05, 3.63) is 72.2 Å². The summed E-state index contributed by atoms with van der Waals surface area (Å²) in [5.41, 5.74) is 1.56. The maximum Gasteiger partial charge on any atom is 0.225 e. The van der Waals surface area contributed by atoms with Gasteiger partial charge in [0.15, 0.2) is 9.84 Å². The molecule has 0 aliphatic rings. The molecule has 0 saturated carbocycles. The zero-order valence-corrected chi connectivity index (χ0v) is 16.1. The third-order valence-corrected chi connectivity index (χ3v) is 5.91. The number of rotatable bonds is 7. The number of aryl methyl sites for hydroxylation is 1. The molecule has 0 spiro atoms. The van der Waals surface area contributed by atoms with E-state index in [2.05, 4.69) is 10.4 Å². The predicted octanol–water partition coefficient (Wildman–Crippen LogP) is 3.51. The van der Waals surface area contributed by atoms with Gasteiger partial charge in [-0.1, -0.05) is 18.2 Å². The van der Waals surface area contributed by atoms with Crippen molar-refractivity contribution in [2.45, 2.75) is 24.7 Å². The van der Waals surface area contributed by atoms with Crippen molar-refractivity contribution in [3.8, 4) is 5.69 Å². The maximum absolute atomic E-state index is 12.9. The first-order valence-corrected chi connectivity index (χ1v) is 10.4. The SMILES string of the molecule is Cc1cc(NC(=O)CCCS(=O)(=O)c2ccc(F)cc2)n(-c2ccccc2)n1. The smallest absolute Gasteiger partial charge is 0.225 e.